The highest BCUT2D eigenvalue weighted by Gasteiger charge is 2.23. The van der Waals surface area contributed by atoms with Gasteiger partial charge >= 0.3 is 0 Å². The van der Waals surface area contributed by atoms with Crippen molar-refractivity contribution in [1.82, 2.24) is 0 Å². The Bertz CT molecular complexity index is 595. The highest BCUT2D eigenvalue weighted by molar-refractivity contribution is 9.10. The Labute approximate surface area is 126 Å². The van der Waals surface area contributed by atoms with E-state index >= 15 is 0 Å². The van der Waals surface area contributed by atoms with Crippen LogP contribution in [0.5, 0.6) is 0 Å². The molecular formula is C16H15BrFNO. The first kappa shape index (κ1) is 14.7. The summed E-state index contributed by atoms with van der Waals surface area (Å²) in [5, 5.41) is 0. The summed E-state index contributed by atoms with van der Waals surface area (Å²) in [6, 6.07) is 14.1. The molecule has 0 heterocycles. The molecule has 0 N–H and O–H groups in total. The van der Waals surface area contributed by atoms with Crippen molar-refractivity contribution in [2.75, 3.05) is 11.9 Å². The number of halogens is 2. The van der Waals surface area contributed by atoms with Gasteiger partial charge in [0.15, 0.2) is 0 Å². The van der Waals surface area contributed by atoms with E-state index in [1.807, 2.05) is 37.3 Å². The third-order valence-electron chi connectivity index (χ3n) is 3.27. The molecule has 4 heteroatoms. The quantitative estimate of drug-likeness (QED) is 0.816. The van der Waals surface area contributed by atoms with E-state index in [0.717, 1.165) is 5.56 Å². The lowest BCUT2D eigenvalue weighted by Gasteiger charge is -2.23. The van der Waals surface area contributed by atoms with Crippen molar-refractivity contribution < 1.29 is 9.18 Å². The fourth-order valence-electron chi connectivity index (χ4n) is 2.09. The molecule has 1 unspecified atom stereocenters. The van der Waals surface area contributed by atoms with Crippen LogP contribution in [-0.2, 0) is 4.79 Å². The Hall–Kier alpha value is -1.68. The van der Waals surface area contributed by atoms with Crippen LogP contribution in [0.4, 0.5) is 10.1 Å². The second-order valence-corrected chi connectivity index (χ2v) is 5.45. The largest absolute Gasteiger partial charge is 0.311 e. The zero-order valence-corrected chi connectivity index (χ0v) is 12.9. The molecule has 2 nitrogen and oxygen atoms in total. The van der Waals surface area contributed by atoms with Gasteiger partial charge in [0.2, 0.25) is 5.91 Å². The average molecular weight is 336 g/mol. The molecule has 1 atom stereocenters. The molecule has 104 valence electrons. The molecule has 0 fully saturated rings. The number of hydrogen-bond donors (Lipinski definition) is 0. The number of nitrogens with zero attached hydrogens (tertiary/aromatic N) is 1. The van der Waals surface area contributed by atoms with Gasteiger partial charge in [0.05, 0.1) is 11.6 Å². The molecule has 0 aromatic heterocycles. The molecule has 0 radical (unpaired) electrons. The Morgan fingerprint density at radius 3 is 2.40 bits per heavy atom. The molecule has 0 saturated carbocycles. The number of carbonyl (C=O) groups excluding carboxylic acids is 1. The summed E-state index contributed by atoms with van der Waals surface area (Å²) in [5.74, 6) is -0.898. The first-order valence-corrected chi connectivity index (χ1v) is 7.08. The van der Waals surface area contributed by atoms with Crippen LogP contribution in [0.15, 0.2) is 53.0 Å². The molecule has 20 heavy (non-hydrogen) atoms. The van der Waals surface area contributed by atoms with Crippen LogP contribution in [0.3, 0.4) is 0 Å². The Morgan fingerprint density at radius 2 is 1.80 bits per heavy atom. The summed E-state index contributed by atoms with van der Waals surface area (Å²) >= 11 is 3.29. The lowest BCUT2D eigenvalue weighted by Crippen LogP contribution is -2.31. The molecule has 0 spiro atoms. The van der Waals surface area contributed by atoms with Crippen LogP contribution in [0.1, 0.15) is 18.4 Å². The molecule has 2 aromatic carbocycles. The van der Waals surface area contributed by atoms with Gasteiger partial charge in [-0.1, -0.05) is 36.4 Å². The zero-order chi connectivity index (χ0) is 14.7. The maximum atomic E-state index is 13.9. The molecule has 0 aliphatic heterocycles. The lowest BCUT2D eigenvalue weighted by atomic mass is 10.00. The number of rotatable bonds is 3. The van der Waals surface area contributed by atoms with Gasteiger partial charge in [-0.25, -0.2) is 4.39 Å². The number of amides is 1. The number of hydrogen-bond acceptors (Lipinski definition) is 1. The molecule has 1 amide bonds. The zero-order valence-electron chi connectivity index (χ0n) is 11.3. The van der Waals surface area contributed by atoms with Crippen molar-refractivity contribution in [3.63, 3.8) is 0 Å². The first-order chi connectivity index (χ1) is 9.52. The third-order valence-corrected chi connectivity index (χ3v) is 3.91. The summed E-state index contributed by atoms with van der Waals surface area (Å²) in [7, 11) is 1.59. The van der Waals surface area contributed by atoms with Crippen LogP contribution in [-0.4, -0.2) is 13.0 Å². The number of para-hydroxylation sites is 1. The molecule has 2 aromatic rings. The predicted molar refractivity (Wildman–Crippen MR) is 82.4 cm³/mol. The molecule has 2 rings (SSSR count). The van der Waals surface area contributed by atoms with Crippen molar-refractivity contribution >= 4 is 27.5 Å². The third kappa shape index (κ3) is 2.90. The number of anilines is 1. The van der Waals surface area contributed by atoms with Crippen molar-refractivity contribution in [3.05, 3.63) is 64.4 Å². The van der Waals surface area contributed by atoms with E-state index in [2.05, 4.69) is 15.9 Å². The van der Waals surface area contributed by atoms with Crippen molar-refractivity contribution in [1.29, 1.82) is 0 Å². The van der Waals surface area contributed by atoms with Gasteiger partial charge in [-0.2, -0.15) is 0 Å². The highest BCUT2D eigenvalue weighted by Crippen LogP contribution is 2.30. The summed E-state index contributed by atoms with van der Waals surface area (Å²) in [5.41, 5.74) is 1.18. The van der Waals surface area contributed by atoms with E-state index in [0.29, 0.717) is 4.47 Å². The maximum absolute atomic E-state index is 13.9. The fourth-order valence-corrected chi connectivity index (χ4v) is 2.70. The molecule has 0 aliphatic carbocycles. The monoisotopic (exact) mass is 335 g/mol. The summed E-state index contributed by atoms with van der Waals surface area (Å²) in [6.07, 6.45) is 0. The van der Waals surface area contributed by atoms with E-state index in [1.165, 1.54) is 11.0 Å². The smallest absolute Gasteiger partial charge is 0.234 e. The summed E-state index contributed by atoms with van der Waals surface area (Å²) in [4.78, 5) is 13.8. The van der Waals surface area contributed by atoms with Gasteiger partial charge < -0.3 is 4.90 Å². The second kappa shape index (κ2) is 6.18. The van der Waals surface area contributed by atoms with E-state index < -0.39 is 5.82 Å². The van der Waals surface area contributed by atoms with Crippen LogP contribution in [0.25, 0.3) is 0 Å². The first-order valence-electron chi connectivity index (χ1n) is 6.29. The maximum Gasteiger partial charge on any atom is 0.234 e. The van der Waals surface area contributed by atoms with Gasteiger partial charge in [0.25, 0.3) is 0 Å². The predicted octanol–water partition coefficient (Wildman–Crippen LogP) is 4.35. The molecule has 0 aliphatic rings. The van der Waals surface area contributed by atoms with Crippen molar-refractivity contribution in [2.45, 2.75) is 12.8 Å². The van der Waals surface area contributed by atoms with Crippen LogP contribution >= 0.6 is 15.9 Å². The Kier molecular flexibility index (Phi) is 4.55. The van der Waals surface area contributed by atoms with E-state index in [-0.39, 0.29) is 17.5 Å². The number of benzene rings is 2. The average Bonchev–Trinajstić information content (AvgIpc) is 2.46. The van der Waals surface area contributed by atoms with Crippen molar-refractivity contribution in [2.24, 2.45) is 0 Å². The molecule has 0 saturated heterocycles. The highest BCUT2D eigenvalue weighted by atomic mass is 79.9. The topological polar surface area (TPSA) is 20.3 Å². The summed E-state index contributed by atoms with van der Waals surface area (Å²) < 4.78 is 14.5. The molecule has 0 bridgehead atoms. The minimum Gasteiger partial charge on any atom is -0.311 e. The van der Waals surface area contributed by atoms with Crippen LogP contribution in [0, 0.1) is 5.82 Å². The van der Waals surface area contributed by atoms with Crippen LogP contribution in [0.2, 0.25) is 0 Å². The van der Waals surface area contributed by atoms with Crippen LogP contribution < -0.4 is 4.90 Å². The van der Waals surface area contributed by atoms with E-state index in [4.69, 9.17) is 0 Å². The molecular weight excluding hydrogens is 321 g/mol. The Balaban J connectivity index is 2.29. The van der Waals surface area contributed by atoms with E-state index in [9.17, 15) is 9.18 Å². The SMILES string of the molecule is CC(C(=O)N(C)c1c(F)cccc1Br)c1ccccc1. The minimum atomic E-state index is -0.421. The number of likely N-dealkylation sites (N-methyl/N-ethyl adjacent to an activating group) is 1. The van der Waals surface area contributed by atoms with Gasteiger partial charge in [-0.3, -0.25) is 4.79 Å². The summed E-state index contributed by atoms with van der Waals surface area (Å²) in [6.45, 7) is 1.82. The minimum absolute atomic E-state index is 0.151. The Morgan fingerprint density at radius 1 is 1.15 bits per heavy atom. The fraction of sp³-hybridized carbons (Fsp3) is 0.188. The lowest BCUT2D eigenvalue weighted by molar-refractivity contribution is -0.119. The van der Waals surface area contributed by atoms with E-state index in [1.54, 1.807) is 19.2 Å². The van der Waals surface area contributed by atoms with Crippen molar-refractivity contribution in [3.8, 4) is 0 Å². The van der Waals surface area contributed by atoms with Gasteiger partial charge in [-0.15, -0.1) is 0 Å². The van der Waals surface area contributed by atoms with Gasteiger partial charge in [-0.05, 0) is 40.5 Å². The normalized spacial score (nSPS) is 12.0. The second-order valence-electron chi connectivity index (χ2n) is 4.60. The van der Waals surface area contributed by atoms with Gasteiger partial charge in [0, 0.05) is 11.5 Å². The number of carbonyl (C=O) groups is 1. The van der Waals surface area contributed by atoms with Gasteiger partial charge in [0.1, 0.15) is 5.82 Å². The standard InChI is InChI=1S/C16H15BrFNO/c1-11(12-7-4-3-5-8-12)16(20)19(2)15-13(17)9-6-10-14(15)18/h3-11H,1-2H3.